The van der Waals surface area contributed by atoms with E-state index in [1.165, 1.54) is 23.8 Å². The number of hydroxylamine groups is 1. The van der Waals surface area contributed by atoms with E-state index in [1.54, 1.807) is 24.3 Å². The molecule has 0 aliphatic heterocycles. The molecule has 3 amide bonds. The van der Waals surface area contributed by atoms with Gasteiger partial charge in [0.2, 0.25) is 5.91 Å². The molecule has 0 saturated carbocycles. The molecule has 5 N–H and O–H groups in total. The molecule has 3 rings (SSSR count). The van der Waals surface area contributed by atoms with Gasteiger partial charge in [0.15, 0.2) is 0 Å². The predicted molar refractivity (Wildman–Crippen MR) is 106 cm³/mol. The van der Waals surface area contributed by atoms with Crippen molar-refractivity contribution in [1.82, 2.24) is 15.7 Å². The Kier molecular flexibility index (Phi) is 6.40. The number of nitrogens with zero attached hydrogens (tertiary/aromatic N) is 1. The van der Waals surface area contributed by atoms with Gasteiger partial charge in [-0.2, -0.15) is 5.10 Å². The minimum absolute atomic E-state index is 0.0277. The Balaban J connectivity index is 1.71. The van der Waals surface area contributed by atoms with E-state index >= 15 is 0 Å². The number of halogens is 2. The molecule has 0 aliphatic carbocycles. The highest BCUT2D eigenvalue weighted by Crippen LogP contribution is 2.22. The van der Waals surface area contributed by atoms with Gasteiger partial charge in [0, 0.05) is 5.69 Å². The number of aromatic nitrogens is 2. The van der Waals surface area contributed by atoms with Gasteiger partial charge >= 0.3 is 0 Å². The third kappa shape index (κ3) is 4.80. The summed E-state index contributed by atoms with van der Waals surface area (Å²) < 4.78 is 13.9. The zero-order chi connectivity index (χ0) is 21.7. The van der Waals surface area contributed by atoms with Crippen molar-refractivity contribution >= 4 is 40.7 Å². The number of rotatable bonds is 6. The van der Waals surface area contributed by atoms with Crippen molar-refractivity contribution in [3.8, 4) is 0 Å². The zero-order valence-electron chi connectivity index (χ0n) is 15.2. The maximum atomic E-state index is 13.9. The van der Waals surface area contributed by atoms with E-state index in [2.05, 4.69) is 20.8 Å². The van der Waals surface area contributed by atoms with Crippen molar-refractivity contribution < 1.29 is 24.0 Å². The van der Waals surface area contributed by atoms with Crippen LogP contribution in [0.1, 0.15) is 26.4 Å². The fourth-order valence-corrected chi connectivity index (χ4v) is 2.83. The molecule has 11 heteroatoms. The lowest BCUT2D eigenvalue weighted by Gasteiger charge is -2.09. The first-order chi connectivity index (χ1) is 14.4. The van der Waals surface area contributed by atoms with Crippen LogP contribution in [0, 0.1) is 5.82 Å². The topological polar surface area (TPSA) is 136 Å². The number of hydrogen-bond donors (Lipinski definition) is 5. The van der Waals surface area contributed by atoms with Crippen molar-refractivity contribution in [1.29, 1.82) is 0 Å². The Hall–Kier alpha value is -3.76. The third-order valence-corrected chi connectivity index (χ3v) is 4.32. The number of benzene rings is 2. The molecule has 3 aromatic rings. The number of anilines is 2. The molecule has 0 fully saturated rings. The van der Waals surface area contributed by atoms with Crippen LogP contribution in [0.5, 0.6) is 0 Å². The highest BCUT2D eigenvalue weighted by molar-refractivity contribution is 6.34. The smallest absolute Gasteiger partial charge is 0.275 e. The van der Waals surface area contributed by atoms with Crippen molar-refractivity contribution in [3.63, 3.8) is 0 Å². The Bertz CT molecular complexity index is 1080. The number of carbonyl (C=O) groups is 3. The first-order valence-corrected chi connectivity index (χ1v) is 8.88. The maximum Gasteiger partial charge on any atom is 0.275 e. The van der Waals surface area contributed by atoms with E-state index in [0.29, 0.717) is 11.3 Å². The number of nitrogens with one attached hydrogen (secondary N) is 4. The molecule has 30 heavy (non-hydrogen) atoms. The number of H-pyrrole nitrogens is 1. The van der Waals surface area contributed by atoms with Crippen LogP contribution in [-0.2, 0) is 11.2 Å². The lowest BCUT2D eigenvalue weighted by Crippen LogP contribution is -2.20. The SMILES string of the molecule is O=C(Cc1ccc(NC(=O)c2[nH]ncc2NC(=O)c2c(F)cccc2Cl)cc1)NO. The summed E-state index contributed by atoms with van der Waals surface area (Å²) in [5.74, 6) is -2.81. The van der Waals surface area contributed by atoms with Gasteiger partial charge in [0.05, 0.1) is 28.9 Å². The largest absolute Gasteiger partial charge is 0.321 e. The molecule has 0 radical (unpaired) electrons. The molecule has 2 aromatic carbocycles. The van der Waals surface area contributed by atoms with E-state index < -0.39 is 23.5 Å². The van der Waals surface area contributed by atoms with Crippen LogP contribution >= 0.6 is 11.6 Å². The van der Waals surface area contributed by atoms with Gasteiger partial charge in [-0.3, -0.25) is 24.7 Å². The standard InChI is InChI=1S/C19H15ClFN5O4/c20-12-2-1-3-13(21)16(12)18(28)24-14-9-22-25-17(14)19(29)23-11-6-4-10(5-7-11)8-15(27)26-30/h1-7,9,30H,8H2,(H,22,25)(H,23,29)(H,24,28)(H,26,27). The van der Waals surface area contributed by atoms with Gasteiger partial charge in [-0.25, -0.2) is 9.87 Å². The van der Waals surface area contributed by atoms with Gasteiger partial charge in [-0.05, 0) is 29.8 Å². The number of hydrogen-bond acceptors (Lipinski definition) is 5. The van der Waals surface area contributed by atoms with Gasteiger partial charge < -0.3 is 10.6 Å². The molecule has 0 unspecified atom stereocenters. The van der Waals surface area contributed by atoms with Crippen molar-refractivity contribution in [3.05, 3.63) is 76.3 Å². The zero-order valence-corrected chi connectivity index (χ0v) is 16.0. The van der Waals surface area contributed by atoms with Crippen LogP contribution in [0.15, 0.2) is 48.7 Å². The van der Waals surface area contributed by atoms with Gasteiger partial charge in [0.25, 0.3) is 11.8 Å². The minimum Gasteiger partial charge on any atom is -0.321 e. The first-order valence-electron chi connectivity index (χ1n) is 8.51. The van der Waals surface area contributed by atoms with E-state index in [9.17, 15) is 18.8 Å². The second-order valence-electron chi connectivity index (χ2n) is 6.07. The molecule has 0 spiro atoms. The van der Waals surface area contributed by atoms with Crippen molar-refractivity contribution in [2.75, 3.05) is 10.6 Å². The Morgan fingerprint density at radius 3 is 2.47 bits per heavy atom. The number of amides is 3. The average molecular weight is 432 g/mol. The Morgan fingerprint density at radius 1 is 1.07 bits per heavy atom. The van der Waals surface area contributed by atoms with E-state index in [-0.39, 0.29) is 28.4 Å². The van der Waals surface area contributed by atoms with Crippen LogP contribution in [0.2, 0.25) is 5.02 Å². The summed E-state index contributed by atoms with van der Waals surface area (Å²) in [5.41, 5.74) is 2.20. The monoisotopic (exact) mass is 431 g/mol. The Labute approximate surface area is 174 Å². The normalized spacial score (nSPS) is 10.4. The van der Waals surface area contributed by atoms with Crippen LogP contribution < -0.4 is 16.1 Å². The lowest BCUT2D eigenvalue weighted by atomic mass is 10.1. The summed E-state index contributed by atoms with van der Waals surface area (Å²) in [4.78, 5) is 36.1. The lowest BCUT2D eigenvalue weighted by molar-refractivity contribution is -0.128. The quantitative estimate of drug-likeness (QED) is 0.302. The molecular weight excluding hydrogens is 417 g/mol. The molecule has 1 heterocycles. The highest BCUT2D eigenvalue weighted by Gasteiger charge is 2.20. The second kappa shape index (κ2) is 9.16. The summed E-state index contributed by atoms with van der Waals surface area (Å²) in [5, 5.41) is 19.7. The molecule has 9 nitrogen and oxygen atoms in total. The Morgan fingerprint density at radius 2 is 1.80 bits per heavy atom. The summed E-state index contributed by atoms with van der Waals surface area (Å²) in [6.45, 7) is 0. The van der Waals surface area contributed by atoms with Crippen molar-refractivity contribution in [2.45, 2.75) is 6.42 Å². The van der Waals surface area contributed by atoms with Gasteiger partial charge in [-0.15, -0.1) is 0 Å². The maximum absolute atomic E-state index is 13.9. The average Bonchev–Trinajstić information content (AvgIpc) is 3.17. The number of aromatic amines is 1. The molecule has 0 bridgehead atoms. The van der Waals surface area contributed by atoms with Crippen LogP contribution in [0.25, 0.3) is 0 Å². The third-order valence-electron chi connectivity index (χ3n) is 4.01. The highest BCUT2D eigenvalue weighted by atomic mass is 35.5. The second-order valence-corrected chi connectivity index (χ2v) is 6.48. The van der Waals surface area contributed by atoms with Crippen molar-refractivity contribution in [2.24, 2.45) is 0 Å². The summed E-state index contributed by atoms with van der Waals surface area (Å²) in [7, 11) is 0. The summed E-state index contributed by atoms with van der Waals surface area (Å²) >= 11 is 5.89. The number of carbonyl (C=O) groups excluding carboxylic acids is 3. The van der Waals surface area contributed by atoms with Gasteiger partial charge in [-0.1, -0.05) is 29.8 Å². The minimum atomic E-state index is -0.833. The van der Waals surface area contributed by atoms with E-state index in [1.807, 2.05) is 0 Å². The molecule has 1 aromatic heterocycles. The summed E-state index contributed by atoms with van der Waals surface area (Å²) in [6, 6.07) is 10.2. The predicted octanol–water partition coefficient (Wildman–Crippen LogP) is 2.75. The van der Waals surface area contributed by atoms with Gasteiger partial charge in [0.1, 0.15) is 11.5 Å². The molecule has 0 aliphatic rings. The van der Waals surface area contributed by atoms with Crippen LogP contribution in [0.4, 0.5) is 15.8 Å². The summed E-state index contributed by atoms with van der Waals surface area (Å²) in [6.07, 6.45) is 1.18. The molecule has 0 saturated heterocycles. The molecule has 0 atom stereocenters. The molecular formula is C19H15ClFN5O4. The fourth-order valence-electron chi connectivity index (χ4n) is 2.58. The first kappa shape index (κ1) is 21.0. The van der Waals surface area contributed by atoms with Crippen LogP contribution in [-0.4, -0.2) is 33.1 Å². The molecule has 154 valence electrons. The van der Waals surface area contributed by atoms with Crippen LogP contribution in [0.3, 0.4) is 0 Å². The van der Waals surface area contributed by atoms with E-state index in [0.717, 1.165) is 6.07 Å². The fraction of sp³-hybridized carbons (Fsp3) is 0.0526. The van der Waals surface area contributed by atoms with E-state index in [4.69, 9.17) is 16.8 Å².